The zero-order valence-corrected chi connectivity index (χ0v) is 25.1. The van der Waals surface area contributed by atoms with Crippen molar-refractivity contribution < 1.29 is 0 Å². The summed E-state index contributed by atoms with van der Waals surface area (Å²) in [5.41, 5.74) is 8.57. The van der Waals surface area contributed by atoms with Gasteiger partial charge in [-0.05, 0) is 75.8 Å². The molecule has 0 N–H and O–H groups in total. The molecule has 3 heteroatoms. The average molecular weight is 518 g/mol. The van der Waals surface area contributed by atoms with E-state index in [1.54, 1.807) is 11.3 Å². The Morgan fingerprint density at radius 3 is 1.75 bits per heavy atom. The third-order valence-corrected chi connectivity index (χ3v) is 8.44. The number of benzene rings is 3. The molecule has 0 spiro atoms. The molecule has 1 heterocycles. The van der Waals surface area contributed by atoms with Crippen LogP contribution in [-0.2, 0) is 16.2 Å². The molecule has 0 aliphatic carbocycles. The van der Waals surface area contributed by atoms with Crippen molar-refractivity contribution >= 4 is 50.1 Å². The van der Waals surface area contributed by atoms with Crippen LogP contribution in [0.15, 0.2) is 60.0 Å². The van der Waals surface area contributed by atoms with Crippen LogP contribution in [0.3, 0.4) is 0 Å². The van der Waals surface area contributed by atoms with Crippen molar-refractivity contribution in [2.24, 2.45) is 0 Å². The summed E-state index contributed by atoms with van der Waals surface area (Å²) in [6, 6.07) is 20.4. The standard InChI is InChI=1S/C33H40ClNS/c1-21-17-24(33(8,9)10)19-27(30(21)34)35(25-14-11-22(12-15-25)31(2,3)4)28-20-36-29-16-13-23(18-26(28)29)32(5,6)7/h11-20H,1-10H3. The van der Waals surface area contributed by atoms with Crippen LogP contribution in [0.4, 0.5) is 17.1 Å². The van der Waals surface area contributed by atoms with Crippen LogP contribution in [-0.4, -0.2) is 0 Å². The lowest BCUT2D eigenvalue weighted by Gasteiger charge is -2.30. The van der Waals surface area contributed by atoms with Crippen LogP contribution < -0.4 is 4.90 Å². The Kier molecular flexibility index (Phi) is 6.86. The molecule has 3 aromatic carbocycles. The van der Waals surface area contributed by atoms with E-state index >= 15 is 0 Å². The summed E-state index contributed by atoms with van der Waals surface area (Å²) in [6.07, 6.45) is 0. The summed E-state index contributed by atoms with van der Waals surface area (Å²) in [4.78, 5) is 2.36. The molecular weight excluding hydrogens is 478 g/mol. The average Bonchev–Trinajstić information content (AvgIpc) is 3.18. The van der Waals surface area contributed by atoms with Crippen molar-refractivity contribution in [2.45, 2.75) is 85.5 Å². The quantitative estimate of drug-likeness (QED) is 0.261. The monoisotopic (exact) mass is 517 g/mol. The highest BCUT2D eigenvalue weighted by molar-refractivity contribution is 7.17. The van der Waals surface area contributed by atoms with Gasteiger partial charge in [-0.15, -0.1) is 11.3 Å². The third kappa shape index (κ3) is 5.22. The van der Waals surface area contributed by atoms with E-state index < -0.39 is 0 Å². The molecule has 4 aromatic rings. The highest BCUT2D eigenvalue weighted by Crippen LogP contribution is 2.47. The molecule has 0 aliphatic rings. The minimum atomic E-state index is 0.0159. The zero-order chi connectivity index (χ0) is 26.6. The number of halogens is 1. The van der Waals surface area contributed by atoms with E-state index in [9.17, 15) is 0 Å². The van der Waals surface area contributed by atoms with Gasteiger partial charge >= 0.3 is 0 Å². The molecule has 0 aliphatic heterocycles. The predicted molar refractivity (Wildman–Crippen MR) is 162 cm³/mol. The van der Waals surface area contributed by atoms with Crippen LogP contribution in [0.5, 0.6) is 0 Å². The number of anilines is 3. The molecule has 0 fully saturated rings. The summed E-state index contributed by atoms with van der Waals surface area (Å²) < 4.78 is 1.29. The van der Waals surface area contributed by atoms with Gasteiger partial charge in [0.1, 0.15) is 0 Å². The smallest absolute Gasteiger partial charge is 0.0676 e. The Balaban J connectivity index is 2.02. The van der Waals surface area contributed by atoms with E-state index in [1.807, 2.05) is 0 Å². The van der Waals surface area contributed by atoms with E-state index in [0.717, 1.165) is 22.0 Å². The summed E-state index contributed by atoms with van der Waals surface area (Å²) in [7, 11) is 0. The molecule has 1 nitrogen and oxygen atoms in total. The maximum absolute atomic E-state index is 7.10. The van der Waals surface area contributed by atoms with Gasteiger partial charge in [0.2, 0.25) is 0 Å². The lowest BCUT2D eigenvalue weighted by molar-refractivity contribution is 0.589. The minimum absolute atomic E-state index is 0.0159. The Bertz CT molecular complexity index is 1390. The van der Waals surface area contributed by atoms with Gasteiger partial charge < -0.3 is 4.90 Å². The highest BCUT2D eigenvalue weighted by Gasteiger charge is 2.25. The normalized spacial score (nSPS) is 12.9. The minimum Gasteiger partial charge on any atom is -0.308 e. The molecule has 0 saturated carbocycles. The second kappa shape index (κ2) is 9.23. The molecule has 0 saturated heterocycles. The van der Waals surface area contributed by atoms with Crippen molar-refractivity contribution in [1.29, 1.82) is 0 Å². The van der Waals surface area contributed by atoms with Crippen LogP contribution in [0.2, 0.25) is 5.02 Å². The molecule has 4 rings (SSSR count). The number of fused-ring (bicyclic) bond motifs is 1. The lowest BCUT2D eigenvalue weighted by Crippen LogP contribution is -2.16. The van der Waals surface area contributed by atoms with Crippen LogP contribution in [0.25, 0.3) is 10.1 Å². The van der Waals surface area contributed by atoms with Gasteiger partial charge in [-0.2, -0.15) is 0 Å². The first-order chi connectivity index (χ1) is 16.6. The Labute approximate surface area is 227 Å². The number of rotatable bonds is 3. The van der Waals surface area contributed by atoms with Gasteiger partial charge in [-0.1, -0.05) is 98.2 Å². The van der Waals surface area contributed by atoms with Crippen LogP contribution in [0, 0.1) is 6.92 Å². The van der Waals surface area contributed by atoms with E-state index in [4.69, 9.17) is 11.6 Å². The van der Waals surface area contributed by atoms with Gasteiger partial charge in [-0.3, -0.25) is 0 Å². The van der Waals surface area contributed by atoms with Gasteiger partial charge in [0.15, 0.2) is 0 Å². The number of hydrogen-bond donors (Lipinski definition) is 0. The molecule has 190 valence electrons. The maximum atomic E-state index is 7.10. The maximum Gasteiger partial charge on any atom is 0.0676 e. The van der Waals surface area contributed by atoms with E-state index in [0.29, 0.717) is 0 Å². The van der Waals surface area contributed by atoms with Crippen molar-refractivity contribution in [3.05, 3.63) is 87.3 Å². The number of aryl methyl sites for hydroxylation is 1. The Morgan fingerprint density at radius 2 is 1.19 bits per heavy atom. The first-order valence-electron chi connectivity index (χ1n) is 12.8. The SMILES string of the molecule is Cc1cc(C(C)(C)C)cc(N(c2ccc(C(C)(C)C)cc2)c2csc3ccc(C(C)(C)C)cc23)c1Cl. The van der Waals surface area contributed by atoms with Crippen molar-refractivity contribution in [2.75, 3.05) is 4.90 Å². The Hall–Kier alpha value is -2.29. The number of thiophene rings is 1. The second-order valence-electron chi connectivity index (χ2n) is 13.1. The molecule has 0 amide bonds. The van der Waals surface area contributed by atoms with Crippen molar-refractivity contribution in [3.8, 4) is 0 Å². The molecule has 0 atom stereocenters. The predicted octanol–water partition coefficient (Wildman–Crippen LogP) is 11.2. The molecule has 0 unspecified atom stereocenters. The topological polar surface area (TPSA) is 3.24 Å². The Morgan fingerprint density at radius 1 is 0.639 bits per heavy atom. The van der Waals surface area contributed by atoms with Crippen molar-refractivity contribution in [3.63, 3.8) is 0 Å². The fraction of sp³-hybridized carbons (Fsp3) is 0.394. The fourth-order valence-electron chi connectivity index (χ4n) is 4.52. The van der Waals surface area contributed by atoms with Gasteiger partial charge in [0, 0.05) is 21.2 Å². The first-order valence-corrected chi connectivity index (χ1v) is 14.1. The first kappa shape index (κ1) is 26.8. The molecule has 0 bridgehead atoms. The largest absolute Gasteiger partial charge is 0.308 e. The molecule has 0 radical (unpaired) electrons. The zero-order valence-electron chi connectivity index (χ0n) is 23.5. The summed E-state index contributed by atoms with van der Waals surface area (Å²) in [6.45, 7) is 22.5. The van der Waals surface area contributed by atoms with Gasteiger partial charge in [0.25, 0.3) is 0 Å². The van der Waals surface area contributed by atoms with Crippen LogP contribution in [0.1, 0.15) is 84.6 Å². The van der Waals surface area contributed by atoms with E-state index in [2.05, 4.69) is 134 Å². The fourth-order valence-corrected chi connectivity index (χ4v) is 5.62. The summed E-state index contributed by atoms with van der Waals surface area (Å²) in [5, 5.41) is 4.35. The van der Waals surface area contributed by atoms with E-state index in [1.165, 1.54) is 32.5 Å². The second-order valence-corrected chi connectivity index (χ2v) is 14.4. The third-order valence-electron chi connectivity index (χ3n) is 6.99. The van der Waals surface area contributed by atoms with Crippen molar-refractivity contribution in [1.82, 2.24) is 0 Å². The molecule has 1 aromatic heterocycles. The number of hydrogen-bond acceptors (Lipinski definition) is 2. The van der Waals surface area contributed by atoms with Crippen LogP contribution >= 0.6 is 22.9 Å². The summed E-state index contributed by atoms with van der Waals surface area (Å²) >= 11 is 8.89. The lowest BCUT2D eigenvalue weighted by atomic mass is 9.85. The van der Waals surface area contributed by atoms with E-state index in [-0.39, 0.29) is 16.2 Å². The highest BCUT2D eigenvalue weighted by atomic mass is 35.5. The summed E-state index contributed by atoms with van der Waals surface area (Å²) in [5.74, 6) is 0. The van der Waals surface area contributed by atoms with Gasteiger partial charge in [0.05, 0.1) is 16.4 Å². The molecule has 36 heavy (non-hydrogen) atoms. The van der Waals surface area contributed by atoms with Gasteiger partial charge in [-0.25, -0.2) is 0 Å². The number of nitrogens with zero attached hydrogens (tertiary/aromatic N) is 1. The molecular formula is C33H40ClNS.